The number of benzene rings is 1. The van der Waals surface area contributed by atoms with Crippen LogP contribution in [0.4, 0.5) is 5.69 Å². The molecule has 1 unspecified atom stereocenters. The highest BCUT2D eigenvalue weighted by Crippen LogP contribution is 2.08. The Balaban J connectivity index is 1.73. The number of hydrogen-bond acceptors (Lipinski definition) is 1. The van der Waals surface area contributed by atoms with Gasteiger partial charge < -0.3 is 10.2 Å². The van der Waals surface area contributed by atoms with Crippen molar-refractivity contribution in [3.8, 4) is 0 Å². The number of quaternary nitrogens is 1. The SMILES string of the molecule is Cc1ccc(NC(=O)CC[NH+]2CCC[C@@H](C)C2)cc1. The lowest BCUT2D eigenvalue weighted by Gasteiger charge is -2.27. The van der Waals surface area contributed by atoms with Crippen LogP contribution < -0.4 is 10.2 Å². The summed E-state index contributed by atoms with van der Waals surface area (Å²) >= 11 is 0. The molecule has 1 heterocycles. The molecule has 0 saturated carbocycles. The molecule has 19 heavy (non-hydrogen) atoms. The number of hydrogen-bond donors (Lipinski definition) is 2. The molecule has 1 fully saturated rings. The second-order valence-electron chi connectivity index (χ2n) is 5.87. The second kappa shape index (κ2) is 6.71. The molecule has 0 bridgehead atoms. The van der Waals surface area contributed by atoms with Crippen LogP contribution in [0.2, 0.25) is 0 Å². The average Bonchev–Trinajstić information content (AvgIpc) is 2.39. The van der Waals surface area contributed by atoms with Gasteiger partial charge in [-0.3, -0.25) is 4.79 Å². The van der Waals surface area contributed by atoms with Gasteiger partial charge in [0.1, 0.15) is 0 Å². The molecular formula is C16H25N2O+. The maximum absolute atomic E-state index is 11.9. The van der Waals surface area contributed by atoms with Crippen molar-refractivity contribution in [2.45, 2.75) is 33.1 Å². The van der Waals surface area contributed by atoms with Gasteiger partial charge in [-0.05, 0) is 31.9 Å². The molecular weight excluding hydrogens is 236 g/mol. The lowest BCUT2D eigenvalue weighted by atomic mass is 10.0. The van der Waals surface area contributed by atoms with E-state index in [2.05, 4.69) is 12.2 Å². The van der Waals surface area contributed by atoms with Crippen molar-refractivity contribution in [1.29, 1.82) is 0 Å². The maximum Gasteiger partial charge on any atom is 0.230 e. The lowest BCUT2D eigenvalue weighted by Crippen LogP contribution is -3.13. The predicted octanol–water partition coefficient (Wildman–Crippen LogP) is 1.64. The van der Waals surface area contributed by atoms with Crippen molar-refractivity contribution in [3.63, 3.8) is 0 Å². The summed E-state index contributed by atoms with van der Waals surface area (Å²) in [6, 6.07) is 7.96. The molecule has 3 nitrogen and oxygen atoms in total. The summed E-state index contributed by atoms with van der Waals surface area (Å²) in [6.45, 7) is 7.76. The van der Waals surface area contributed by atoms with Gasteiger partial charge in [0.05, 0.1) is 26.1 Å². The topological polar surface area (TPSA) is 33.5 Å². The lowest BCUT2D eigenvalue weighted by molar-refractivity contribution is -0.907. The van der Waals surface area contributed by atoms with Crippen molar-refractivity contribution in [2.24, 2.45) is 5.92 Å². The van der Waals surface area contributed by atoms with Crippen LogP contribution in [0.1, 0.15) is 31.7 Å². The van der Waals surface area contributed by atoms with E-state index in [1.165, 1.54) is 31.5 Å². The van der Waals surface area contributed by atoms with E-state index in [1.807, 2.05) is 31.2 Å². The highest BCUT2D eigenvalue weighted by Gasteiger charge is 2.19. The first-order valence-corrected chi connectivity index (χ1v) is 7.33. The molecule has 1 saturated heterocycles. The molecule has 2 N–H and O–H groups in total. The van der Waals surface area contributed by atoms with E-state index in [0.29, 0.717) is 6.42 Å². The van der Waals surface area contributed by atoms with Crippen LogP contribution in [0.3, 0.4) is 0 Å². The Bertz CT molecular complexity index is 413. The van der Waals surface area contributed by atoms with Gasteiger partial charge in [-0.1, -0.05) is 24.6 Å². The molecule has 2 rings (SSSR count). The maximum atomic E-state index is 11.9. The van der Waals surface area contributed by atoms with E-state index in [0.717, 1.165) is 18.2 Å². The van der Waals surface area contributed by atoms with Crippen molar-refractivity contribution in [1.82, 2.24) is 0 Å². The highest BCUT2D eigenvalue weighted by molar-refractivity contribution is 5.90. The van der Waals surface area contributed by atoms with Gasteiger partial charge in [0.15, 0.2) is 0 Å². The smallest absolute Gasteiger partial charge is 0.230 e. The molecule has 3 heteroatoms. The fourth-order valence-corrected chi connectivity index (χ4v) is 2.78. The van der Waals surface area contributed by atoms with E-state index in [1.54, 1.807) is 4.90 Å². The Morgan fingerprint density at radius 1 is 1.37 bits per heavy atom. The van der Waals surface area contributed by atoms with Gasteiger partial charge in [0, 0.05) is 11.6 Å². The predicted molar refractivity (Wildman–Crippen MR) is 78.4 cm³/mol. The van der Waals surface area contributed by atoms with E-state index < -0.39 is 0 Å². The second-order valence-corrected chi connectivity index (χ2v) is 5.87. The summed E-state index contributed by atoms with van der Waals surface area (Å²) in [5, 5.41) is 2.97. The summed E-state index contributed by atoms with van der Waals surface area (Å²) in [6.07, 6.45) is 3.27. The van der Waals surface area contributed by atoms with Crippen LogP contribution in [-0.4, -0.2) is 25.5 Å². The number of aryl methyl sites for hydroxylation is 1. The van der Waals surface area contributed by atoms with Crippen LogP contribution in [0.15, 0.2) is 24.3 Å². The minimum absolute atomic E-state index is 0.134. The van der Waals surface area contributed by atoms with E-state index in [-0.39, 0.29) is 5.91 Å². The van der Waals surface area contributed by atoms with Gasteiger partial charge in [-0.25, -0.2) is 0 Å². The Kier molecular flexibility index (Phi) is 4.97. The number of piperidine rings is 1. The summed E-state index contributed by atoms with van der Waals surface area (Å²) in [7, 11) is 0. The van der Waals surface area contributed by atoms with Crippen LogP contribution in [0, 0.1) is 12.8 Å². The highest BCUT2D eigenvalue weighted by atomic mass is 16.1. The van der Waals surface area contributed by atoms with Crippen molar-refractivity contribution >= 4 is 11.6 Å². The first-order valence-electron chi connectivity index (χ1n) is 7.33. The van der Waals surface area contributed by atoms with Crippen molar-refractivity contribution in [2.75, 3.05) is 25.0 Å². The summed E-state index contributed by atoms with van der Waals surface area (Å²) < 4.78 is 0. The molecule has 0 spiro atoms. The van der Waals surface area contributed by atoms with E-state index >= 15 is 0 Å². The monoisotopic (exact) mass is 261 g/mol. The quantitative estimate of drug-likeness (QED) is 0.849. The van der Waals surface area contributed by atoms with Gasteiger partial charge >= 0.3 is 0 Å². The van der Waals surface area contributed by atoms with Crippen LogP contribution >= 0.6 is 0 Å². The number of nitrogens with one attached hydrogen (secondary N) is 2. The average molecular weight is 261 g/mol. The number of carbonyl (C=O) groups excluding carboxylic acids is 1. The zero-order valence-electron chi connectivity index (χ0n) is 12.0. The molecule has 104 valence electrons. The molecule has 2 atom stereocenters. The zero-order valence-corrected chi connectivity index (χ0v) is 12.0. The normalized spacial score (nSPS) is 23.1. The number of rotatable bonds is 4. The van der Waals surface area contributed by atoms with Crippen LogP contribution in [0.25, 0.3) is 0 Å². The van der Waals surface area contributed by atoms with Crippen LogP contribution in [0.5, 0.6) is 0 Å². The Morgan fingerprint density at radius 3 is 2.79 bits per heavy atom. The molecule has 1 aliphatic heterocycles. The minimum Gasteiger partial charge on any atom is -0.334 e. The van der Waals surface area contributed by atoms with E-state index in [4.69, 9.17) is 0 Å². The molecule has 1 aromatic rings. The Morgan fingerprint density at radius 2 is 2.11 bits per heavy atom. The first kappa shape index (κ1) is 14.1. The summed E-state index contributed by atoms with van der Waals surface area (Å²) in [4.78, 5) is 13.5. The van der Waals surface area contributed by atoms with Crippen LogP contribution in [-0.2, 0) is 4.79 Å². The Labute approximate surface area is 116 Å². The third-order valence-corrected chi connectivity index (χ3v) is 3.91. The molecule has 1 amide bonds. The Hall–Kier alpha value is -1.35. The van der Waals surface area contributed by atoms with E-state index in [9.17, 15) is 4.79 Å². The van der Waals surface area contributed by atoms with Gasteiger partial charge in [-0.15, -0.1) is 0 Å². The molecule has 0 radical (unpaired) electrons. The number of likely N-dealkylation sites (tertiary alicyclic amines) is 1. The minimum atomic E-state index is 0.134. The third kappa shape index (κ3) is 4.67. The number of amides is 1. The van der Waals surface area contributed by atoms with Gasteiger partial charge in [0.25, 0.3) is 0 Å². The number of carbonyl (C=O) groups is 1. The zero-order chi connectivity index (χ0) is 13.7. The molecule has 1 aromatic carbocycles. The summed E-state index contributed by atoms with van der Waals surface area (Å²) in [5.41, 5.74) is 2.11. The van der Waals surface area contributed by atoms with Crippen molar-refractivity contribution < 1.29 is 9.69 Å². The molecule has 1 aliphatic rings. The standard InChI is InChI=1S/C16H24N2O/c1-13-5-7-15(8-6-13)17-16(19)9-11-18-10-3-4-14(2)12-18/h5-8,14H,3-4,9-12H2,1-2H3,(H,17,19)/p+1/t14-/m1/s1. The van der Waals surface area contributed by atoms with Gasteiger partial charge in [0.2, 0.25) is 5.91 Å². The largest absolute Gasteiger partial charge is 0.334 e. The fraction of sp³-hybridized carbons (Fsp3) is 0.562. The summed E-state index contributed by atoms with van der Waals surface area (Å²) in [5.74, 6) is 0.943. The third-order valence-electron chi connectivity index (χ3n) is 3.91. The molecule has 0 aliphatic carbocycles. The fourth-order valence-electron chi connectivity index (χ4n) is 2.78. The first-order chi connectivity index (χ1) is 9.13. The molecule has 0 aromatic heterocycles. The van der Waals surface area contributed by atoms with Crippen molar-refractivity contribution in [3.05, 3.63) is 29.8 Å². The number of anilines is 1. The van der Waals surface area contributed by atoms with Gasteiger partial charge in [-0.2, -0.15) is 0 Å².